The lowest BCUT2D eigenvalue weighted by molar-refractivity contribution is 0.708. The van der Waals surface area contributed by atoms with E-state index in [-0.39, 0.29) is 0 Å². The fourth-order valence-electron chi connectivity index (χ4n) is 1.57. The number of nitrogens with zero attached hydrogens (tertiary/aromatic N) is 3. The predicted molar refractivity (Wildman–Crippen MR) is 65.5 cm³/mol. The van der Waals surface area contributed by atoms with Crippen LogP contribution in [0.4, 0.5) is 5.82 Å². The Hall–Kier alpha value is -1.60. The Bertz CT molecular complexity index is 381. The molecule has 86 valence electrons. The van der Waals surface area contributed by atoms with Crippen LogP contribution in [-0.2, 0) is 0 Å². The Morgan fingerprint density at radius 3 is 2.94 bits per heavy atom. The normalized spacial score (nSPS) is 9.88. The van der Waals surface area contributed by atoms with Crippen molar-refractivity contribution in [3.8, 4) is 6.07 Å². The Labute approximate surface area is 96.9 Å². The molecule has 0 bridgehead atoms. The van der Waals surface area contributed by atoms with Gasteiger partial charge in [-0.1, -0.05) is 0 Å². The number of hydrogen-bond acceptors (Lipinski definition) is 4. The average Bonchev–Trinajstić information content (AvgIpc) is 2.29. The summed E-state index contributed by atoms with van der Waals surface area (Å²) in [5.41, 5.74) is 1.66. The van der Waals surface area contributed by atoms with Crippen LogP contribution in [0.5, 0.6) is 0 Å². The molecule has 0 saturated heterocycles. The summed E-state index contributed by atoms with van der Waals surface area (Å²) in [6.07, 6.45) is 2.79. The molecule has 1 rings (SSSR count). The number of anilines is 1. The fraction of sp³-hybridized carbons (Fsp3) is 0.500. The summed E-state index contributed by atoms with van der Waals surface area (Å²) in [7, 11) is 3.91. The first-order valence-electron chi connectivity index (χ1n) is 5.42. The standard InChI is InChI=1S/C12H18N4/c1-10-5-7-15-12(11(10)9-13)16(3)8-4-6-14-2/h5,7,14H,4,6,8H2,1-3H3. The van der Waals surface area contributed by atoms with Crippen molar-refractivity contribution in [3.05, 3.63) is 23.4 Å². The van der Waals surface area contributed by atoms with E-state index in [2.05, 4.69) is 16.4 Å². The molecule has 0 aromatic carbocycles. The predicted octanol–water partition coefficient (Wildman–Crippen LogP) is 1.31. The van der Waals surface area contributed by atoms with E-state index < -0.39 is 0 Å². The van der Waals surface area contributed by atoms with Gasteiger partial charge in [-0.2, -0.15) is 5.26 Å². The van der Waals surface area contributed by atoms with Crippen LogP contribution in [0, 0.1) is 18.3 Å². The van der Waals surface area contributed by atoms with Crippen molar-refractivity contribution in [2.24, 2.45) is 0 Å². The van der Waals surface area contributed by atoms with Crippen molar-refractivity contribution in [2.45, 2.75) is 13.3 Å². The fourth-order valence-corrected chi connectivity index (χ4v) is 1.57. The number of pyridine rings is 1. The molecule has 1 heterocycles. The Morgan fingerprint density at radius 1 is 1.56 bits per heavy atom. The van der Waals surface area contributed by atoms with E-state index in [1.165, 1.54) is 0 Å². The van der Waals surface area contributed by atoms with E-state index in [0.29, 0.717) is 5.56 Å². The second kappa shape index (κ2) is 6.09. The van der Waals surface area contributed by atoms with E-state index in [9.17, 15) is 0 Å². The molecule has 0 amide bonds. The summed E-state index contributed by atoms with van der Waals surface area (Å²) >= 11 is 0. The second-order valence-electron chi connectivity index (χ2n) is 3.82. The third-order valence-electron chi connectivity index (χ3n) is 2.53. The summed E-state index contributed by atoms with van der Waals surface area (Å²) < 4.78 is 0. The van der Waals surface area contributed by atoms with Crippen LogP contribution in [0.25, 0.3) is 0 Å². The number of hydrogen-bond donors (Lipinski definition) is 1. The summed E-state index contributed by atoms with van der Waals surface area (Å²) in [6.45, 7) is 3.80. The Balaban J connectivity index is 2.79. The summed E-state index contributed by atoms with van der Waals surface area (Å²) in [4.78, 5) is 6.30. The second-order valence-corrected chi connectivity index (χ2v) is 3.82. The lowest BCUT2D eigenvalue weighted by Crippen LogP contribution is -2.24. The highest BCUT2D eigenvalue weighted by Gasteiger charge is 2.10. The summed E-state index contributed by atoms with van der Waals surface area (Å²) in [6, 6.07) is 4.08. The van der Waals surface area contributed by atoms with Crippen LogP contribution in [0.1, 0.15) is 17.5 Å². The van der Waals surface area contributed by atoms with Crippen molar-refractivity contribution < 1.29 is 0 Å². The molecule has 0 aliphatic rings. The van der Waals surface area contributed by atoms with Crippen molar-refractivity contribution in [3.63, 3.8) is 0 Å². The number of rotatable bonds is 5. The maximum absolute atomic E-state index is 9.09. The first kappa shape index (κ1) is 12.5. The van der Waals surface area contributed by atoms with E-state index in [1.54, 1.807) is 6.20 Å². The highest BCUT2D eigenvalue weighted by atomic mass is 15.2. The molecule has 0 fully saturated rings. The Kier molecular flexibility index (Phi) is 4.74. The van der Waals surface area contributed by atoms with Gasteiger partial charge in [0, 0.05) is 19.8 Å². The van der Waals surface area contributed by atoms with E-state index in [4.69, 9.17) is 5.26 Å². The highest BCUT2D eigenvalue weighted by molar-refractivity contribution is 5.56. The van der Waals surface area contributed by atoms with E-state index in [0.717, 1.165) is 30.9 Å². The minimum absolute atomic E-state index is 0.675. The highest BCUT2D eigenvalue weighted by Crippen LogP contribution is 2.18. The largest absolute Gasteiger partial charge is 0.359 e. The number of nitrogens with one attached hydrogen (secondary N) is 1. The van der Waals surface area contributed by atoms with Gasteiger partial charge in [0.1, 0.15) is 11.9 Å². The zero-order valence-corrected chi connectivity index (χ0v) is 10.1. The summed E-state index contributed by atoms with van der Waals surface area (Å²) in [5, 5.41) is 12.2. The molecular formula is C12H18N4. The first-order chi connectivity index (χ1) is 7.70. The maximum atomic E-state index is 9.09. The number of aryl methyl sites for hydroxylation is 1. The van der Waals surface area contributed by atoms with Gasteiger partial charge in [-0.25, -0.2) is 4.98 Å². The summed E-state index contributed by atoms with van der Waals surface area (Å²) in [5.74, 6) is 0.776. The van der Waals surface area contributed by atoms with Gasteiger partial charge in [0.25, 0.3) is 0 Å². The zero-order chi connectivity index (χ0) is 12.0. The molecule has 4 nitrogen and oxygen atoms in total. The maximum Gasteiger partial charge on any atom is 0.146 e. The molecule has 0 radical (unpaired) electrons. The molecule has 16 heavy (non-hydrogen) atoms. The quantitative estimate of drug-likeness (QED) is 0.757. The molecule has 0 unspecified atom stereocenters. The molecule has 4 heteroatoms. The zero-order valence-electron chi connectivity index (χ0n) is 10.1. The van der Waals surface area contributed by atoms with Crippen LogP contribution < -0.4 is 10.2 Å². The smallest absolute Gasteiger partial charge is 0.146 e. The van der Waals surface area contributed by atoms with Crippen molar-refractivity contribution in [2.75, 3.05) is 32.1 Å². The van der Waals surface area contributed by atoms with Gasteiger partial charge in [0.05, 0.1) is 5.56 Å². The van der Waals surface area contributed by atoms with E-state index >= 15 is 0 Å². The Morgan fingerprint density at radius 2 is 2.31 bits per heavy atom. The van der Waals surface area contributed by atoms with Crippen molar-refractivity contribution in [1.29, 1.82) is 5.26 Å². The van der Waals surface area contributed by atoms with Crippen LogP contribution in [0.15, 0.2) is 12.3 Å². The molecule has 0 saturated carbocycles. The van der Waals surface area contributed by atoms with Gasteiger partial charge in [-0.15, -0.1) is 0 Å². The number of aromatic nitrogens is 1. The minimum Gasteiger partial charge on any atom is -0.359 e. The van der Waals surface area contributed by atoms with Crippen LogP contribution in [0.2, 0.25) is 0 Å². The van der Waals surface area contributed by atoms with Gasteiger partial charge < -0.3 is 10.2 Å². The van der Waals surface area contributed by atoms with Gasteiger partial charge in [0.15, 0.2) is 0 Å². The van der Waals surface area contributed by atoms with Crippen molar-refractivity contribution >= 4 is 5.82 Å². The van der Waals surface area contributed by atoms with Crippen molar-refractivity contribution in [1.82, 2.24) is 10.3 Å². The molecule has 1 aromatic heterocycles. The van der Waals surface area contributed by atoms with Crippen LogP contribution >= 0.6 is 0 Å². The van der Waals surface area contributed by atoms with Crippen LogP contribution in [0.3, 0.4) is 0 Å². The molecule has 0 aliphatic carbocycles. The van der Waals surface area contributed by atoms with Gasteiger partial charge >= 0.3 is 0 Å². The molecular weight excluding hydrogens is 200 g/mol. The lowest BCUT2D eigenvalue weighted by atomic mass is 10.1. The van der Waals surface area contributed by atoms with Gasteiger partial charge in [0.2, 0.25) is 0 Å². The van der Waals surface area contributed by atoms with Gasteiger partial charge in [-0.05, 0) is 38.6 Å². The third-order valence-corrected chi connectivity index (χ3v) is 2.53. The third kappa shape index (κ3) is 2.94. The lowest BCUT2D eigenvalue weighted by Gasteiger charge is -2.19. The molecule has 0 atom stereocenters. The number of nitriles is 1. The SMILES string of the molecule is CNCCCN(C)c1nccc(C)c1C#N. The molecule has 1 N–H and O–H groups in total. The topological polar surface area (TPSA) is 52.0 Å². The molecule has 0 spiro atoms. The van der Waals surface area contributed by atoms with Crippen LogP contribution in [-0.4, -0.2) is 32.2 Å². The molecule has 0 aliphatic heterocycles. The average molecular weight is 218 g/mol. The first-order valence-corrected chi connectivity index (χ1v) is 5.42. The minimum atomic E-state index is 0.675. The van der Waals surface area contributed by atoms with E-state index in [1.807, 2.05) is 32.0 Å². The monoisotopic (exact) mass is 218 g/mol. The van der Waals surface area contributed by atoms with Gasteiger partial charge in [-0.3, -0.25) is 0 Å². The molecule has 1 aromatic rings.